The fraction of sp³-hybridized carbons (Fsp3) is 0.321. The van der Waals surface area contributed by atoms with Gasteiger partial charge in [0.2, 0.25) is 0 Å². The molecule has 3 heterocycles. The van der Waals surface area contributed by atoms with Crippen molar-refractivity contribution in [2.24, 2.45) is 0 Å². The maximum absolute atomic E-state index is 12.6. The predicted octanol–water partition coefficient (Wildman–Crippen LogP) is 4.14. The number of pyridine rings is 1. The molecule has 8 heteroatoms. The summed E-state index contributed by atoms with van der Waals surface area (Å²) < 4.78 is 7.59. The number of carbonyl (C=O) groups is 1. The van der Waals surface area contributed by atoms with Crippen LogP contribution >= 0.6 is 11.8 Å². The minimum Gasteiger partial charge on any atom is -0.379 e. The molecule has 2 aromatic heterocycles. The Kier molecular flexibility index (Phi) is 7.95. The average Bonchev–Trinajstić information content (AvgIpc) is 3.26. The van der Waals surface area contributed by atoms with Crippen molar-refractivity contribution < 1.29 is 9.53 Å². The number of benzene rings is 2. The molecule has 0 aliphatic carbocycles. The second-order valence-corrected chi connectivity index (χ2v) is 9.91. The molecule has 0 radical (unpaired) electrons. The lowest BCUT2D eigenvalue weighted by Gasteiger charge is -2.26. The third-order valence-electron chi connectivity index (χ3n) is 6.51. The first-order valence-electron chi connectivity index (χ1n) is 12.3. The van der Waals surface area contributed by atoms with Gasteiger partial charge in [-0.2, -0.15) is 0 Å². The van der Waals surface area contributed by atoms with Crippen LogP contribution in [0.25, 0.3) is 11.0 Å². The normalized spacial score (nSPS) is 14.2. The molecule has 1 fully saturated rings. The Morgan fingerprint density at radius 2 is 1.89 bits per heavy atom. The van der Waals surface area contributed by atoms with Gasteiger partial charge in [0.15, 0.2) is 5.16 Å². The standard InChI is InChI=1S/C28H31N5O2S/c1-21-4-2-3-5-24(21)20-36-28-31-25-10-11-29-18-26(25)33(28)19-22-6-8-23(9-7-22)27(34)30-12-13-32-14-16-35-17-15-32/h2-11,18H,12-17,19-20H2,1H3,(H,30,34). The molecule has 1 aliphatic rings. The molecule has 0 atom stereocenters. The number of morpholine rings is 1. The number of hydrogen-bond donors (Lipinski definition) is 1. The molecule has 0 saturated carbocycles. The number of imidazole rings is 1. The van der Waals surface area contributed by atoms with E-state index in [1.54, 1.807) is 18.0 Å². The van der Waals surface area contributed by atoms with Crippen molar-refractivity contribution in [2.75, 3.05) is 39.4 Å². The van der Waals surface area contributed by atoms with Crippen LogP contribution in [0.5, 0.6) is 0 Å². The quantitative estimate of drug-likeness (QED) is 0.348. The fourth-order valence-corrected chi connectivity index (χ4v) is 5.41. The van der Waals surface area contributed by atoms with E-state index in [9.17, 15) is 4.79 Å². The molecule has 36 heavy (non-hydrogen) atoms. The van der Waals surface area contributed by atoms with E-state index in [1.807, 2.05) is 36.5 Å². The summed E-state index contributed by atoms with van der Waals surface area (Å²) in [6, 6.07) is 18.3. The smallest absolute Gasteiger partial charge is 0.251 e. The molecule has 2 aromatic carbocycles. The summed E-state index contributed by atoms with van der Waals surface area (Å²) in [4.78, 5) is 24.1. The van der Waals surface area contributed by atoms with Crippen LogP contribution in [0.1, 0.15) is 27.0 Å². The number of aromatic nitrogens is 3. The highest BCUT2D eigenvalue weighted by Crippen LogP contribution is 2.28. The van der Waals surface area contributed by atoms with Gasteiger partial charge >= 0.3 is 0 Å². The maximum atomic E-state index is 12.6. The predicted molar refractivity (Wildman–Crippen MR) is 143 cm³/mol. The summed E-state index contributed by atoms with van der Waals surface area (Å²) >= 11 is 1.74. The van der Waals surface area contributed by atoms with Gasteiger partial charge < -0.3 is 14.6 Å². The van der Waals surface area contributed by atoms with Crippen LogP contribution in [0.2, 0.25) is 0 Å². The van der Waals surface area contributed by atoms with E-state index < -0.39 is 0 Å². The number of rotatable bonds is 9. The molecule has 1 amide bonds. The lowest BCUT2D eigenvalue weighted by atomic mass is 10.1. The van der Waals surface area contributed by atoms with Crippen molar-refractivity contribution in [2.45, 2.75) is 24.4 Å². The Bertz CT molecular complexity index is 1320. The summed E-state index contributed by atoms with van der Waals surface area (Å²) in [6.07, 6.45) is 3.65. The van der Waals surface area contributed by atoms with Crippen LogP contribution in [0.4, 0.5) is 0 Å². The molecule has 4 aromatic rings. The molecule has 1 saturated heterocycles. The average molecular weight is 502 g/mol. The van der Waals surface area contributed by atoms with Crippen LogP contribution in [-0.4, -0.2) is 64.7 Å². The van der Waals surface area contributed by atoms with E-state index in [4.69, 9.17) is 9.72 Å². The van der Waals surface area contributed by atoms with Crippen LogP contribution in [-0.2, 0) is 17.0 Å². The van der Waals surface area contributed by atoms with Gasteiger partial charge in [-0.3, -0.25) is 14.7 Å². The first-order valence-corrected chi connectivity index (χ1v) is 13.3. The Morgan fingerprint density at radius 3 is 2.69 bits per heavy atom. The highest BCUT2D eigenvalue weighted by atomic mass is 32.2. The van der Waals surface area contributed by atoms with Crippen molar-refractivity contribution in [3.63, 3.8) is 0 Å². The van der Waals surface area contributed by atoms with Crippen molar-refractivity contribution in [1.29, 1.82) is 0 Å². The van der Waals surface area contributed by atoms with Gasteiger partial charge in [-0.25, -0.2) is 4.98 Å². The largest absolute Gasteiger partial charge is 0.379 e. The third-order valence-corrected chi connectivity index (χ3v) is 7.53. The summed E-state index contributed by atoms with van der Waals surface area (Å²) in [5.74, 6) is 0.814. The summed E-state index contributed by atoms with van der Waals surface area (Å²) in [7, 11) is 0. The van der Waals surface area contributed by atoms with Gasteiger partial charge in [-0.1, -0.05) is 48.2 Å². The Morgan fingerprint density at radius 1 is 1.08 bits per heavy atom. The van der Waals surface area contributed by atoms with Gasteiger partial charge in [0.25, 0.3) is 5.91 Å². The summed E-state index contributed by atoms with van der Waals surface area (Å²) in [5.41, 5.74) is 6.33. The van der Waals surface area contributed by atoms with Gasteiger partial charge in [0, 0.05) is 43.7 Å². The molecule has 1 aliphatic heterocycles. The van der Waals surface area contributed by atoms with E-state index in [0.717, 1.165) is 60.4 Å². The summed E-state index contributed by atoms with van der Waals surface area (Å²) in [5, 5.41) is 4.00. The van der Waals surface area contributed by atoms with E-state index >= 15 is 0 Å². The van der Waals surface area contributed by atoms with E-state index in [-0.39, 0.29) is 5.91 Å². The number of carbonyl (C=O) groups excluding carboxylic acids is 1. The monoisotopic (exact) mass is 501 g/mol. The van der Waals surface area contributed by atoms with Gasteiger partial charge in [0.1, 0.15) is 0 Å². The maximum Gasteiger partial charge on any atom is 0.251 e. The first-order chi connectivity index (χ1) is 17.7. The number of amides is 1. The van der Waals surface area contributed by atoms with E-state index in [2.05, 4.69) is 51.0 Å². The molecular weight excluding hydrogens is 470 g/mol. The summed E-state index contributed by atoms with van der Waals surface area (Å²) in [6.45, 7) is 7.67. The zero-order valence-electron chi connectivity index (χ0n) is 20.5. The molecule has 0 spiro atoms. The number of nitrogens with one attached hydrogen (secondary N) is 1. The van der Waals surface area contributed by atoms with Crippen molar-refractivity contribution >= 4 is 28.7 Å². The molecular formula is C28H31N5O2S. The number of ether oxygens (including phenoxy) is 1. The molecule has 1 N–H and O–H groups in total. The number of nitrogens with zero attached hydrogens (tertiary/aromatic N) is 4. The fourth-order valence-electron chi connectivity index (χ4n) is 4.32. The lowest BCUT2D eigenvalue weighted by Crippen LogP contribution is -2.41. The highest BCUT2D eigenvalue weighted by molar-refractivity contribution is 7.98. The third kappa shape index (κ3) is 5.95. The molecule has 0 unspecified atom stereocenters. The molecule has 7 nitrogen and oxygen atoms in total. The molecule has 0 bridgehead atoms. The van der Waals surface area contributed by atoms with E-state index in [1.165, 1.54) is 11.1 Å². The Hall–Kier alpha value is -3.20. The van der Waals surface area contributed by atoms with Crippen LogP contribution in [0, 0.1) is 6.92 Å². The van der Waals surface area contributed by atoms with Crippen LogP contribution in [0.15, 0.2) is 72.1 Å². The van der Waals surface area contributed by atoms with Gasteiger partial charge in [0.05, 0.1) is 37.0 Å². The lowest BCUT2D eigenvalue weighted by molar-refractivity contribution is 0.0383. The van der Waals surface area contributed by atoms with Crippen molar-refractivity contribution in [3.8, 4) is 0 Å². The number of hydrogen-bond acceptors (Lipinski definition) is 6. The van der Waals surface area contributed by atoms with Gasteiger partial charge in [-0.05, 0) is 41.8 Å². The first kappa shape index (κ1) is 24.5. The minimum atomic E-state index is -0.0402. The number of fused-ring (bicyclic) bond motifs is 1. The van der Waals surface area contributed by atoms with Crippen LogP contribution < -0.4 is 5.32 Å². The molecule has 5 rings (SSSR count). The minimum absolute atomic E-state index is 0.0402. The molecule has 186 valence electrons. The Labute approximate surface area is 215 Å². The van der Waals surface area contributed by atoms with Gasteiger partial charge in [-0.15, -0.1) is 0 Å². The highest BCUT2D eigenvalue weighted by Gasteiger charge is 2.14. The second kappa shape index (κ2) is 11.7. The zero-order valence-corrected chi connectivity index (χ0v) is 21.3. The van der Waals surface area contributed by atoms with Crippen molar-refractivity contribution in [1.82, 2.24) is 24.8 Å². The van der Waals surface area contributed by atoms with Crippen LogP contribution in [0.3, 0.4) is 0 Å². The topological polar surface area (TPSA) is 72.3 Å². The zero-order chi connectivity index (χ0) is 24.7. The number of aryl methyl sites for hydroxylation is 1. The number of thioether (sulfide) groups is 1. The van der Waals surface area contributed by atoms with E-state index in [0.29, 0.717) is 18.7 Å². The Balaban J connectivity index is 1.25. The second-order valence-electron chi connectivity index (χ2n) is 8.97. The van der Waals surface area contributed by atoms with Crippen molar-refractivity contribution in [3.05, 3.63) is 89.2 Å². The SMILES string of the molecule is Cc1ccccc1CSc1nc2ccncc2n1Cc1ccc(C(=O)NCCN2CCOCC2)cc1.